The topological polar surface area (TPSA) is 54.7 Å². The van der Waals surface area contributed by atoms with Crippen molar-refractivity contribution in [2.24, 2.45) is 0 Å². The third-order valence-corrected chi connectivity index (χ3v) is 2.60. The second-order valence-electron chi connectivity index (χ2n) is 3.71. The first-order valence-corrected chi connectivity index (χ1v) is 5.11. The molecule has 3 N–H and O–H groups in total. The number of nitrogens with two attached hydrogens (primary N) is 1. The third kappa shape index (κ3) is 1.86. The number of hydrogen-bond donors (Lipinski definition) is 2. The van der Waals surface area contributed by atoms with E-state index in [1.165, 1.54) is 16.7 Å². The van der Waals surface area contributed by atoms with Crippen LogP contribution in [0.25, 0.3) is 11.3 Å². The minimum atomic E-state index is 0.534. The molecule has 0 saturated heterocycles. The van der Waals surface area contributed by atoms with Gasteiger partial charge in [0.2, 0.25) is 0 Å². The van der Waals surface area contributed by atoms with Gasteiger partial charge in [-0.1, -0.05) is 19.1 Å². The maximum absolute atomic E-state index is 5.59. The highest BCUT2D eigenvalue weighted by Gasteiger charge is 2.05. The second kappa shape index (κ2) is 3.77. The van der Waals surface area contributed by atoms with Crippen molar-refractivity contribution in [1.29, 1.82) is 0 Å². The summed E-state index contributed by atoms with van der Waals surface area (Å²) in [4.78, 5) is 0. The van der Waals surface area contributed by atoms with Crippen LogP contribution in [-0.2, 0) is 6.42 Å². The Hall–Kier alpha value is -1.77. The van der Waals surface area contributed by atoms with Gasteiger partial charge < -0.3 is 5.73 Å². The minimum Gasteiger partial charge on any atom is -0.382 e. The fourth-order valence-electron chi connectivity index (χ4n) is 1.65. The molecule has 0 bridgehead atoms. The number of nitrogen functional groups attached to an aromatic ring is 1. The first-order valence-electron chi connectivity index (χ1n) is 5.11. The Kier molecular flexibility index (Phi) is 2.46. The molecule has 0 aliphatic heterocycles. The minimum absolute atomic E-state index is 0.534. The zero-order valence-electron chi connectivity index (χ0n) is 9.04. The fraction of sp³-hybridized carbons (Fsp3) is 0.250. The number of H-pyrrole nitrogens is 1. The van der Waals surface area contributed by atoms with Gasteiger partial charge in [0.1, 0.15) is 5.82 Å². The van der Waals surface area contributed by atoms with Gasteiger partial charge >= 0.3 is 0 Å². The fourth-order valence-corrected chi connectivity index (χ4v) is 1.65. The quantitative estimate of drug-likeness (QED) is 0.784. The van der Waals surface area contributed by atoms with E-state index in [9.17, 15) is 0 Å². The molecule has 1 heterocycles. The van der Waals surface area contributed by atoms with Gasteiger partial charge in [0.25, 0.3) is 0 Å². The van der Waals surface area contributed by atoms with E-state index in [2.05, 4.69) is 42.2 Å². The summed E-state index contributed by atoms with van der Waals surface area (Å²) in [5.41, 5.74) is 10.3. The predicted octanol–water partition coefficient (Wildman–Crippen LogP) is 2.53. The molecule has 0 aliphatic carbocycles. The molecule has 0 amide bonds. The molecule has 0 spiro atoms. The second-order valence-corrected chi connectivity index (χ2v) is 3.71. The van der Waals surface area contributed by atoms with Crippen molar-refractivity contribution in [3.8, 4) is 11.3 Å². The summed E-state index contributed by atoms with van der Waals surface area (Å²) in [7, 11) is 0. The van der Waals surface area contributed by atoms with Crippen LogP contribution in [0.5, 0.6) is 0 Å². The monoisotopic (exact) mass is 201 g/mol. The normalized spacial score (nSPS) is 10.5. The maximum Gasteiger partial charge on any atom is 0.145 e. The Labute approximate surface area is 89.3 Å². The molecule has 1 aromatic carbocycles. The lowest BCUT2D eigenvalue weighted by molar-refractivity contribution is 1.09. The van der Waals surface area contributed by atoms with Gasteiger partial charge in [-0.25, -0.2) is 0 Å². The molecular weight excluding hydrogens is 186 g/mol. The number of nitrogens with one attached hydrogen (secondary N) is 1. The van der Waals surface area contributed by atoms with Crippen LogP contribution in [0.2, 0.25) is 0 Å². The molecular formula is C12H15N3. The van der Waals surface area contributed by atoms with Crippen LogP contribution in [0, 0.1) is 6.92 Å². The number of aromatic nitrogens is 2. The Balaban J connectivity index is 2.51. The smallest absolute Gasteiger partial charge is 0.145 e. The molecule has 15 heavy (non-hydrogen) atoms. The zero-order valence-corrected chi connectivity index (χ0v) is 9.04. The number of benzene rings is 1. The first kappa shape index (κ1) is 9.77. The summed E-state index contributed by atoms with van der Waals surface area (Å²) in [5, 5.41) is 6.88. The lowest BCUT2D eigenvalue weighted by Crippen LogP contribution is -1.87. The summed E-state index contributed by atoms with van der Waals surface area (Å²) >= 11 is 0. The van der Waals surface area contributed by atoms with Crippen molar-refractivity contribution in [3.05, 3.63) is 35.4 Å². The highest BCUT2D eigenvalue weighted by molar-refractivity contribution is 5.66. The SMILES string of the molecule is CCc1ccc(C)c(-c2cc(N)n[nH]2)c1. The van der Waals surface area contributed by atoms with Crippen LogP contribution in [0.15, 0.2) is 24.3 Å². The number of aromatic amines is 1. The Morgan fingerprint density at radius 3 is 2.73 bits per heavy atom. The van der Waals surface area contributed by atoms with Crippen molar-refractivity contribution in [2.75, 3.05) is 5.73 Å². The highest BCUT2D eigenvalue weighted by Crippen LogP contribution is 2.24. The van der Waals surface area contributed by atoms with E-state index < -0.39 is 0 Å². The van der Waals surface area contributed by atoms with Crippen LogP contribution in [0.4, 0.5) is 5.82 Å². The van der Waals surface area contributed by atoms with Crippen LogP contribution < -0.4 is 5.73 Å². The lowest BCUT2D eigenvalue weighted by atomic mass is 10.0. The van der Waals surface area contributed by atoms with Crippen LogP contribution in [-0.4, -0.2) is 10.2 Å². The third-order valence-electron chi connectivity index (χ3n) is 2.60. The van der Waals surface area contributed by atoms with E-state index in [-0.39, 0.29) is 0 Å². The van der Waals surface area contributed by atoms with Crippen molar-refractivity contribution < 1.29 is 0 Å². The molecule has 3 heteroatoms. The number of nitrogens with zero attached hydrogens (tertiary/aromatic N) is 1. The van der Waals surface area contributed by atoms with Gasteiger partial charge in [0.15, 0.2) is 0 Å². The molecule has 0 unspecified atom stereocenters. The lowest BCUT2D eigenvalue weighted by Gasteiger charge is -2.05. The summed E-state index contributed by atoms with van der Waals surface area (Å²) in [6, 6.07) is 8.33. The van der Waals surface area contributed by atoms with E-state index in [0.717, 1.165) is 12.1 Å². The molecule has 0 atom stereocenters. The summed E-state index contributed by atoms with van der Waals surface area (Å²) in [6.07, 6.45) is 1.04. The van der Waals surface area contributed by atoms with Gasteiger partial charge in [-0.2, -0.15) is 5.10 Å². The zero-order chi connectivity index (χ0) is 10.8. The van der Waals surface area contributed by atoms with Gasteiger partial charge in [-0.05, 0) is 30.5 Å². The first-order chi connectivity index (χ1) is 7.20. The van der Waals surface area contributed by atoms with Gasteiger partial charge in [0, 0.05) is 11.6 Å². The predicted molar refractivity (Wildman–Crippen MR) is 62.6 cm³/mol. The summed E-state index contributed by atoms with van der Waals surface area (Å²) < 4.78 is 0. The van der Waals surface area contributed by atoms with E-state index in [0.29, 0.717) is 5.82 Å². The van der Waals surface area contributed by atoms with Gasteiger partial charge in [-0.3, -0.25) is 5.10 Å². The number of aryl methyl sites for hydroxylation is 2. The molecule has 2 rings (SSSR count). The van der Waals surface area contributed by atoms with Crippen molar-refractivity contribution in [2.45, 2.75) is 20.3 Å². The summed E-state index contributed by atoms with van der Waals surface area (Å²) in [5.74, 6) is 0.534. The highest BCUT2D eigenvalue weighted by atomic mass is 15.2. The van der Waals surface area contributed by atoms with Gasteiger partial charge in [0.05, 0.1) is 5.69 Å². The molecule has 0 fully saturated rings. The van der Waals surface area contributed by atoms with Crippen LogP contribution in [0.3, 0.4) is 0 Å². The molecule has 0 saturated carbocycles. The molecule has 0 radical (unpaired) electrons. The molecule has 1 aromatic heterocycles. The molecule has 2 aromatic rings. The van der Waals surface area contributed by atoms with E-state index in [1.54, 1.807) is 0 Å². The average Bonchev–Trinajstić information content (AvgIpc) is 2.65. The standard InChI is InChI=1S/C12H15N3/c1-3-9-5-4-8(2)10(6-9)11-7-12(13)15-14-11/h4-7H,3H2,1-2H3,(H3,13,14,15). The Bertz CT molecular complexity index is 471. The molecule has 0 aliphatic rings. The van der Waals surface area contributed by atoms with E-state index >= 15 is 0 Å². The largest absolute Gasteiger partial charge is 0.382 e. The van der Waals surface area contributed by atoms with Crippen LogP contribution >= 0.6 is 0 Å². The van der Waals surface area contributed by atoms with E-state index in [1.807, 2.05) is 6.07 Å². The van der Waals surface area contributed by atoms with E-state index in [4.69, 9.17) is 5.73 Å². The number of hydrogen-bond acceptors (Lipinski definition) is 2. The van der Waals surface area contributed by atoms with Crippen molar-refractivity contribution in [1.82, 2.24) is 10.2 Å². The number of anilines is 1. The number of rotatable bonds is 2. The Morgan fingerprint density at radius 1 is 1.33 bits per heavy atom. The molecule has 78 valence electrons. The Morgan fingerprint density at radius 2 is 2.13 bits per heavy atom. The van der Waals surface area contributed by atoms with Crippen molar-refractivity contribution >= 4 is 5.82 Å². The maximum atomic E-state index is 5.59. The van der Waals surface area contributed by atoms with Gasteiger partial charge in [-0.15, -0.1) is 0 Å². The van der Waals surface area contributed by atoms with Crippen molar-refractivity contribution in [3.63, 3.8) is 0 Å². The average molecular weight is 201 g/mol. The summed E-state index contributed by atoms with van der Waals surface area (Å²) in [6.45, 7) is 4.24. The van der Waals surface area contributed by atoms with Crippen LogP contribution in [0.1, 0.15) is 18.1 Å². The molecule has 3 nitrogen and oxygen atoms in total.